The molecule has 1 atom stereocenters. The van der Waals surface area contributed by atoms with Gasteiger partial charge in [-0.2, -0.15) is 8.78 Å². The molecule has 0 spiro atoms. The Morgan fingerprint density at radius 3 is 2.03 bits per heavy atom. The van der Waals surface area contributed by atoms with Gasteiger partial charge in [-0.3, -0.25) is 9.59 Å². The van der Waals surface area contributed by atoms with Crippen molar-refractivity contribution < 1.29 is 27.5 Å². The monoisotopic (exact) mass is 457 g/mol. The molecular formula is C25H38F3NO3. The predicted octanol–water partition coefficient (Wildman–Crippen LogP) is 6.46. The number of benzene rings is 1. The molecule has 1 aromatic carbocycles. The number of hydrogen-bond acceptors (Lipinski definition) is 3. The van der Waals surface area contributed by atoms with Crippen LogP contribution in [0.1, 0.15) is 83.6 Å². The number of halogens is 3. The minimum atomic E-state index is -3.88. The first-order chi connectivity index (χ1) is 15.2. The number of hydrogen-bond donors (Lipinski definition) is 0. The lowest BCUT2D eigenvalue weighted by Gasteiger charge is -2.20. The van der Waals surface area contributed by atoms with Crippen molar-refractivity contribution in [1.82, 2.24) is 4.90 Å². The number of carbonyl (C=O) groups excluding carboxylic acids is 2. The second-order valence-corrected chi connectivity index (χ2v) is 8.36. The molecule has 0 aliphatic heterocycles. The van der Waals surface area contributed by atoms with Crippen molar-refractivity contribution in [1.29, 1.82) is 0 Å². The van der Waals surface area contributed by atoms with Crippen LogP contribution in [0.3, 0.4) is 0 Å². The second-order valence-electron chi connectivity index (χ2n) is 8.36. The number of nitrogens with zero attached hydrogens (tertiary/aromatic N) is 1. The number of Topliss-reactive ketones (excluding diaryl/α,β-unsaturated/α-hetero) is 1. The van der Waals surface area contributed by atoms with Crippen LogP contribution >= 0.6 is 0 Å². The van der Waals surface area contributed by atoms with Crippen LogP contribution < -0.4 is 4.74 Å². The van der Waals surface area contributed by atoms with E-state index in [2.05, 4.69) is 6.92 Å². The molecule has 1 unspecified atom stereocenters. The summed E-state index contributed by atoms with van der Waals surface area (Å²) >= 11 is 0. The molecule has 7 heteroatoms. The smallest absolute Gasteiger partial charge is 0.310 e. The first-order valence-electron chi connectivity index (χ1n) is 11.7. The van der Waals surface area contributed by atoms with E-state index in [1.807, 2.05) is 0 Å². The van der Waals surface area contributed by atoms with Gasteiger partial charge >= 0.3 is 5.92 Å². The van der Waals surface area contributed by atoms with Crippen LogP contribution in [0.4, 0.5) is 13.2 Å². The lowest BCUT2D eigenvalue weighted by atomic mass is 10.0. The number of likely N-dealkylation sites (N-methyl/N-ethyl adjacent to an activating group) is 1. The maximum Gasteiger partial charge on any atom is 0.310 e. The van der Waals surface area contributed by atoms with E-state index >= 15 is 0 Å². The number of ether oxygens (including phenoxy) is 1. The summed E-state index contributed by atoms with van der Waals surface area (Å²) in [7, 11) is 1.71. The maximum atomic E-state index is 13.9. The molecule has 1 amide bonds. The molecular weight excluding hydrogens is 419 g/mol. The van der Waals surface area contributed by atoms with Crippen LogP contribution in [-0.2, 0) is 15.5 Å². The minimum Gasteiger partial charge on any atom is -0.492 e. The number of carbonyl (C=O) groups is 2. The molecule has 0 N–H and O–H groups in total. The molecule has 1 aromatic rings. The van der Waals surface area contributed by atoms with Crippen molar-refractivity contribution in [2.75, 3.05) is 20.2 Å². The molecule has 0 heterocycles. The fourth-order valence-electron chi connectivity index (χ4n) is 3.38. The highest BCUT2D eigenvalue weighted by Crippen LogP contribution is 2.35. The average molecular weight is 458 g/mol. The van der Waals surface area contributed by atoms with Crippen LogP contribution in [0, 0.1) is 0 Å². The van der Waals surface area contributed by atoms with Gasteiger partial charge in [-0.05, 0) is 37.6 Å². The molecule has 0 saturated heterocycles. The van der Waals surface area contributed by atoms with Crippen molar-refractivity contribution in [3.05, 3.63) is 29.8 Å². The van der Waals surface area contributed by atoms with Gasteiger partial charge in [0.25, 0.3) is 0 Å². The summed E-state index contributed by atoms with van der Waals surface area (Å²) in [6.45, 7) is 3.60. The largest absolute Gasteiger partial charge is 0.492 e. The summed E-state index contributed by atoms with van der Waals surface area (Å²) in [6, 6.07) is 4.70. The predicted molar refractivity (Wildman–Crippen MR) is 121 cm³/mol. The number of unbranched alkanes of at least 4 members (excludes halogenated alkanes) is 8. The summed E-state index contributed by atoms with van der Waals surface area (Å²) in [5.74, 6) is -4.70. The van der Waals surface area contributed by atoms with E-state index in [-0.39, 0.29) is 12.5 Å². The zero-order valence-electron chi connectivity index (χ0n) is 19.7. The van der Waals surface area contributed by atoms with Crippen molar-refractivity contribution in [2.45, 2.75) is 90.1 Å². The summed E-state index contributed by atoms with van der Waals surface area (Å²) in [5.41, 5.74) is -0.583. The van der Waals surface area contributed by atoms with Gasteiger partial charge < -0.3 is 9.64 Å². The Morgan fingerprint density at radius 2 is 1.50 bits per heavy atom. The Bertz CT molecular complexity index is 680. The van der Waals surface area contributed by atoms with Gasteiger partial charge in [0.1, 0.15) is 12.4 Å². The lowest BCUT2D eigenvalue weighted by Crippen LogP contribution is -2.32. The third-order valence-corrected chi connectivity index (χ3v) is 5.53. The van der Waals surface area contributed by atoms with Gasteiger partial charge in [-0.25, -0.2) is 4.39 Å². The summed E-state index contributed by atoms with van der Waals surface area (Å²) in [5, 5.41) is 0. The Kier molecular flexibility index (Phi) is 13.0. The molecule has 0 radical (unpaired) electrons. The minimum absolute atomic E-state index is 0.0600. The van der Waals surface area contributed by atoms with Gasteiger partial charge in [-0.15, -0.1) is 0 Å². The van der Waals surface area contributed by atoms with Crippen LogP contribution in [0.15, 0.2) is 24.3 Å². The van der Waals surface area contributed by atoms with Crippen LogP contribution in [0.5, 0.6) is 5.75 Å². The van der Waals surface area contributed by atoms with Crippen molar-refractivity contribution in [3.63, 3.8) is 0 Å². The van der Waals surface area contributed by atoms with Gasteiger partial charge in [0.2, 0.25) is 12.1 Å². The number of amides is 1. The van der Waals surface area contributed by atoms with E-state index in [9.17, 15) is 22.8 Å². The normalized spacial score (nSPS) is 12.4. The SMILES string of the molecule is CCCCCCCCCCCC(=O)N(C)CCOc1ccc(C(F)(F)C(F)C(C)=O)cc1. The van der Waals surface area contributed by atoms with E-state index < -0.39 is 23.4 Å². The van der Waals surface area contributed by atoms with Gasteiger partial charge in [-0.1, -0.05) is 58.3 Å². The highest BCUT2D eigenvalue weighted by Gasteiger charge is 2.44. The summed E-state index contributed by atoms with van der Waals surface area (Å²) in [4.78, 5) is 24.7. The third-order valence-electron chi connectivity index (χ3n) is 5.53. The lowest BCUT2D eigenvalue weighted by molar-refractivity contribution is -0.140. The first kappa shape index (κ1) is 28.0. The Hall–Kier alpha value is -2.05. The molecule has 4 nitrogen and oxygen atoms in total. The zero-order chi connectivity index (χ0) is 24.0. The summed E-state index contributed by atoms with van der Waals surface area (Å²) in [6.07, 6.45) is 8.43. The van der Waals surface area contributed by atoms with Crippen LogP contribution in [0.2, 0.25) is 0 Å². The topological polar surface area (TPSA) is 46.6 Å². The van der Waals surface area contributed by atoms with E-state index in [0.717, 1.165) is 38.3 Å². The zero-order valence-corrected chi connectivity index (χ0v) is 19.7. The fourth-order valence-corrected chi connectivity index (χ4v) is 3.38. The number of ketones is 1. The average Bonchev–Trinajstić information content (AvgIpc) is 2.77. The highest BCUT2D eigenvalue weighted by molar-refractivity contribution is 5.81. The maximum absolute atomic E-state index is 13.9. The van der Waals surface area contributed by atoms with E-state index in [1.165, 1.54) is 50.7 Å². The van der Waals surface area contributed by atoms with E-state index in [4.69, 9.17) is 4.74 Å². The molecule has 0 saturated carbocycles. The van der Waals surface area contributed by atoms with Crippen molar-refractivity contribution >= 4 is 11.7 Å². The second kappa shape index (κ2) is 14.9. The molecule has 0 bridgehead atoms. The molecule has 32 heavy (non-hydrogen) atoms. The number of alkyl halides is 3. The summed E-state index contributed by atoms with van der Waals surface area (Å²) < 4.78 is 46.9. The molecule has 0 aromatic heterocycles. The van der Waals surface area contributed by atoms with E-state index in [1.54, 1.807) is 11.9 Å². The fraction of sp³-hybridized carbons (Fsp3) is 0.680. The Balaban J connectivity index is 2.25. The first-order valence-corrected chi connectivity index (χ1v) is 11.7. The van der Waals surface area contributed by atoms with Crippen LogP contribution in [0.25, 0.3) is 0 Å². The molecule has 0 aliphatic carbocycles. The number of rotatable bonds is 17. The standard InChI is InChI=1S/C25H38F3NO3/c1-4-5-6-7-8-9-10-11-12-13-23(31)29(3)18-19-32-22-16-14-21(15-17-22)25(27,28)24(26)20(2)30/h14-17,24H,4-13,18-19H2,1-3H3. The highest BCUT2D eigenvalue weighted by atomic mass is 19.3. The Labute approximate surface area is 190 Å². The van der Waals surface area contributed by atoms with Gasteiger partial charge in [0.15, 0.2) is 5.78 Å². The van der Waals surface area contributed by atoms with Gasteiger partial charge in [0, 0.05) is 19.0 Å². The van der Waals surface area contributed by atoms with Gasteiger partial charge in [0.05, 0.1) is 6.54 Å². The Morgan fingerprint density at radius 1 is 0.969 bits per heavy atom. The molecule has 182 valence electrons. The van der Waals surface area contributed by atoms with Crippen molar-refractivity contribution in [2.24, 2.45) is 0 Å². The third kappa shape index (κ3) is 10.0. The molecule has 0 aliphatic rings. The molecule has 1 rings (SSSR count). The van der Waals surface area contributed by atoms with Crippen LogP contribution in [-0.4, -0.2) is 43.0 Å². The quantitative estimate of drug-likeness (QED) is 0.252. The van der Waals surface area contributed by atoms with Crippen molar-refractivity contribution in [3.8, 4) is 5.75 Å². The molecule has 0 fully saturated rings. The van der Waals surface area contributed by atoms with E-state index in [0.29, 0.717) is 18.7 Å².